The van der Waals surface area contributed by atoms with Crippen molar-refractivity contribution in [3.63, 3.8) is 0 Å². The van der Waals surface area contributed by atoms with Gasteiger partial charge in [0, 0.05) is 31.6 Å². The van der Waals surface area contributed by atoms with Crippen LogP contribution in [0.4, 0.5) is 14.9 Å². The number of urea groups is 1. The summed E-state index contributed by atoms with van der Waals surface area (Å²) in [4.78, 5) is 39.1. The fourth-order valence-corrected chi connectivity index (χ4v) is 9.59. The molecule has 10 heteroatoms. The number of hydrogen-bond acceptors (Lipinski definition) is 5. The van der Waals surface area contributed by atoms with E-state index in [0.717, 1.165) is 63.5 Å². The van der Waals surface area contributed by atoms with Crippen LogP contribution in [0.5, 0.6) is 0 Å². The number of hydroxylamine groups is 1. The molecular formula is C33H50FN5O4. The molecular weight excluding hydrogens is 549 g/mol. The predicted octanol–water partition coefficient (Wildman–Crippen LogP) is 5.48. The van der Waals surface area contributed by atoms with E-state index in [1.54, 1.807) is 11.5 Å². The molecule has 5 aliphatic rings. The topological polar surface area (TPSA) is 123 Å². The molecule has 1 saturated heterocycles. The maximum Gasteiger partial charge on any atom is 0.319 e. The third kappa shape index (κ3) is 8.06. The first-order valence-electron chi connectivity index (χ1n) is 16.3. The molecule has 4 aliphatic carbocycles. The van der Waals surface area contributed by atoms with Gasteiger partial charge in [0.2, 0.25) is 11.8 Å². The molecule has 1 aromatic rings. The van der Waals surface area contributed by atoms with Crippen LogP contribution in [0, 0.1) is 28.5 Å². The Morgan fingerprint density at radius 1 is 1.02 bits per heavy atom. The van der Waals surface area contributed by atoms with E-state index < -0.39 is 5.82 Å². The number of benzene rings is 1. The lowest BCUT2D eigenvalue weighted by molar-refractivity contribution is -0.129. The molecule has 5 atom stereocenters. The summed E-state index contributed by atoms with van der Waals surface area (Å²) in [6.45, 7) is 7.39. The Balaban J connectivity index is 1.05. The van der Waals surface area contributed by atoms with Crippen LogP contribution < -0.4 is 21.4 Å². The average Bonchev–Trinajstić information content (AvgIpc) is 2.91. The SMILES string of the molecule is C[C@]12CC3CC(NC(=O)Nc4ccc(CN5CCC[C@H](C(=O)NCCCCCCC(=O)NO)C5)cc4F)(C1)C[C@@](C)(C3)C2. The zero-order valence-electron chi connectivity index (χ0n) is 25.9. The number of piperidine rings is 1. The van der Waals surface area contributed by atoms with E-state index in [1.165, 1.54) is 25.3 Å². The summed E-state index contributed by atoms with van der Waals surface area (Å²) in [6, 6.07) is 4.69. The maximum absolute atomic E-state index is 15.1. The molecule has 4 bridgehead atoms. The number of amides is 4. The monoisotopic (exact) mass is 599 g/mol. The van der Waals surface area contributed by atoms with E-state index in [2.05, 4.69) is 34.7 Å². The Kier molecular flexibility index (Phi) is 9.66. The minimum Gasteiger partial charge on any atom is -0.356 e. The number of nitrogens with zero attached hydrogens (tertiary/aromatic N) is 1. The van der Waals surface area contributed by atoms with Crippen LogP contribution in [0.2, 0.25) is 0 Å². The molecule has 43 heavy (non-hydrogen) atoms. The van der Waals surface area contributed by atoms with E-state index >= 15 is 4.39 Å². The number of halogens is 1. The third-order valence-corrected chi connectivity index (χ3v) is 10.3. The number of nitrogens with one attached hydrogen (secondary N) is 4. The van der Waals surface area contributed by atoms with Crippen LogP contribution in [0.3, 0.4) is 0 Å². The zero-order valence-corrected chi connectivity index (χ0v) is 25.9. The zero-order chi connectivity index (χ0) is 30.7. The highest BCUT2D eigenvalue weighted by Gasteiger charge is 2.60. The van der Waals surface area contributed by atoms with Crippen LogP contribution in [0.15, 0.2) is 18.2 Å². The summed E-state index contributed by atoms with van der Waals surface area (Å²) in [5.74, 6) is -0.188. The van der Waals surface area contributed by atoms with Crippen LogP contribution in [0.25, 0.3) is 0 Å². The van der Waals surface area contributed by atoms with E-state index in [9.17, 15) is 14.4 Å². The van der Waals surface area contributed by atoms with Gasteiger partial charge in [-0.2, -0.15) is 0 Å². The molecule has 0 radical (unpaired) electrons. The Morgan fingerprint density at radius 2 is 1.77 bits per heavy atom. The number of carbonyl (C=O) groups excluding carboxylic acids is 3. The lowest BCUT2D eigenvalue weighted by atomic mass is 9.43. The lowest BCUT2D eigenvalue weighted by Gasteiger charge is -2.65. The van der Waals surface area contributed by atoms with Gasteiger partial charge >= 0.3 is 6.03 Å². The summed E-state index contributed by atoms with van der Waals surface area (Å²) in [7, 11) is 0. The minimum atomic E-state index is -0.444. The highest BCUT2D eigenvalue weighted by molar-refractivity contribution is 5.90. The fourth-order valence-electron chi connectivity index (χ4n) is 9.59. The highest BCUT2D eigenvalue weighted by atomic mass is 19.1. The Bertz CT molecular complexity index is 1180. The van der Waals surface area contributed by atoms with Crippen molar-refractivity contribution in [1.82, 2.24) is 21.0 Å². The highest BCUT2D eigenvalue weighted by Crippen LogP contribution is 2.66. The standard InChI is InChI=1S/C33H50FN5O4/c1-31-15-24-16-32(2,20-31)22-33(17-24,21-31)37-30(42)36-27-11-10-23(14-26(27)34)18-39-13-7-8-25(19-39)29(41)35-12-6-4-3-5-9-28(40)38-43/h10-11,14,24-25,43H,3-9,12-13,15-22H2,1-2H3,(H,35,41)(H,38,40)(H2,36,37,42)/t24?,25-,31-,32+,33?/m0/s1. The normalized spacial score (nSPS) is 31.4. The molecule has 6 rings (SSSR count). The van der Waals surface area contributed by atoms with Crippen LogP contribution in [0.1, 0.15) is 103 Å². The molecule has 4 amide bonds. The van der Waals surface area contributed by atoms with Crippen molar-refractivity contribution < 1.29 is 24.0 Å². The number of likely N-dealkylation sites (tertiary alicyclic amines) is 1. The fraction of sp³-hybridized carbons (Fsp3) is 0.727. The van der Waals surface area contributed by atoms with Gasteiger partial charge in [0.1, 0.15) is 5.82 Å². The van der Waals surface area contributed by atoms with Crippen molar-refractivity contribution >= 4 is 23.5 Å². The molecule has 1 heterocycles. The second-order valence-electron chi connectivity index (χ2n) is 14.9. The van der Waals surface area contributed by atoms with E-state index in [4.69, 9.17) is 5.21 Å². The number of rotatable bonds is 12. The van der Waals surface area contributed by atoms with Gasteiger partial charge in [0.05, 0.1) is 11.6 Å². The summed E-state index contributed by atoms with van der Waals surface area (Å²) >= 11 is 0. The summed E-state index contributed by atoms with van der Waals surface area (Å²) in [5, 5.41) is 17.6. The van der Waals surface area contributed by atoms with Gasteiger partial charge in [0.15, 0.2) is 0 Å². The van der Waals surface area contributed by atoms with Crippen molar-refractivity contribution in [2.45, 2.75) is 109 Å². The molecule has 2 unspecified atom stereocenters. The molecule has 9 nitrogen and oxygen atoms in total. The van der Waals surface area contributed by atoms with Crippen LogP contribution in [-0.2, 0) is 16.1 Å². The van der Waals surface area contributed by atoms with E-state index in [-0.39, 0.29) is 45.8 Å². The van der Waals surface area contributed by atoms with Gasteiger partial charge in [-0.05, 0) is 105 Å². The Morgan fingerprint density at radius 3 is 2.47 bits per heavy atom. The van der Waals surface area contributed by atoms with E-state index in [1.807, 2.05) is 6.07 Å². The summed E-state index contributed by atoms with van der Waals surface area (Å²) in [6.07, 6.45) is 12.2. The summed E-state index contributed by atoms with van der Waals surface area (Å²) < 4.78 is 15.1. The first kappa shape index (κ1) is 31.7. The number of anilines is 1. The van der Waals surface area contributed by atoms with Crippen LogP contribution in [-0.4, -0.2) is 53.1 Å². The molecule has 1 aromatic carbocycles. The van der Waals surface area contributed by atoms with Gasteiger partial charge < -0.3 is 16.0 Å². The Hall–Kier alpha value is -2.72. The molecule has 1 aliphatic heterocycles. The van der Waals surface area contributed by atoms with Crippen molar-refractivity contribution in [2.24, 2.45) is 22.7 Å². The molecule has 5 fully saturated rings. The first-order chi connectivity index (χ1) is 20.5. The largest absolute Gasteiger partial charge is 0.356 e. The molecule has 0 aromatic heterocycles. The Labute approximate surface area is 255 Å². The van der Waals surface area contributed by atoms with Crippen molar-refractivity contribution in [3.8, 4) is 0 Å². The van der Waals surface area contributed by atoms with Crippen molar-refractivity contribution in [2.75, 3.05) is 25.0 Å². The van der Waals surface area contributed by atoms with Crippen molar-refractivity contribution in [3.05, 3.63) is 29.6 Å². The van der Waals surface area contributed by atoms with Gasteiger partial charge in [0.25, 0.3) is 0 Å². The molecule has 238 valence electrons. The second kappa shape index (κ2) is 13.1. The predicted molar refractivity (Wildman–Crippen MR) is 163 cm³/mol. The molecule has 0 spiro atoms. The first-order valence-corrected chi connectivity index (χ1v) is 16.3. The smallest absolute Gasteiger partial charge is 0.319 e. The van der Waals surface area contributed by atoms with Gasteiger partial charge in [-0.3, -0.25) is 19.7 Å². The van der Waals surface area contributed by atoms with Gasteiger partial charge in [-0.1, -0.05) is 32.8 Å². The lowest BCUT2D eigenvalue weighted by Crippen LogP contribution is -2.65. The van der Waals surface area contributed by atoms with E-state index in [0.29, 0.717) is 38.4 Å². The second-order valence-corrected chi connectivity index (χ2v) is 14.9. The maximum atomic E-state index is 15.1. The van der Waals surface area contributed by atoms with Gasteiger partial charge in [-0.25, -0.2) is 14.7 Å². The number of hydrogen-bond donors (Lipinski definition) is 5. The molecule has 4 saturated carbocycles. The van der Waals surface area contributed by atoms with Crippen LogP contribution >= 0.6 is 0 Å². The minimum absolute atomic E-state index is 0.0584. The van der Waals surface area contributed by atoms with Crippen molar-refractivity contribution in [1.29, 1.82) is 0 Å². The number of carbonyl (C=O) groups is 3. The van der Waals surface area contributed by atoms with Gasteiger partial charge in [-0.15, -0.1) is 0 Å². The third-order valence-electron chi connectivity index (χ3n) is 10.3. The average molecular weight is 600 g/mol. The quantitative estimate of drug-likeness (QED) is 0.124. The molecule has 5 N–H and O–H groups in total. The number of unbranched alkanes of at least 4 members (excludes halogenated alkanes) is 3. The summed E-state index contributed by atoms with van der Waals surface area (Å²) in [5.41, 5.74) is 3.02.